The van der Waals surface area contributed by atoms with Gasteiger partial charge in [0.05, 0.1) is 23.9 Å². The summed E-state index contributed by atoms with van der Waals surface area (Å²) in [4.78, 5) is 23.1. The van der Waals surface area contributed by atoms with E-state index < -0.39 is 36.1 Å². The number of aromatic nitrogens is 4. The molecule has 12 nitrogen and oxygen atoms in total. The van der Waals surface area contributed by atoms with E-state index in [0.29, 0.717) is 17.0 Å². The highest BCUT2D eigenvalue weighted by Crippen LogP contribution is 2.32. The molecule has 4 rings (SSSR count). The minimum atomic E-state index is -1.26. The van der Waals surface area contributed by atoms with Gasteiger partial charge in [-0.15, -0.1) is 0 Å². The van der Waals surface area contributed by atoms with Gasteiger partial charge in [-0.25, -0.2) is 15.0 Å². The van der Waals surface area contributed by atoms with Gasteiger partial charge in [0.25, 0.3) is 5.69 Å². The first-order chi connectivity index (χ1) is 14.4. The first-order valence-corrected chi connectivity index (χ1v) is 9.21. The molecule has 12 heteroatoms. The van der Waals surface area contributed by atoms with Crippen molar-refractivity contribution in [1.82, 2.24) is 19.5 Å². The SMILES string of the molecule is C[C@H](Nc1ncnc2c1ncn2[C@@H]1O[C@H](CO)C(O)[C@@H]1O)c1ccc([N+](=O)[O-])cc1. The summed E-state index contributed by atoms with van der Waals surface area (Å²) in [5.41, 5.74) is 1.62. The molecule has 1 aliphatic heterocycles. The van der Waals surface area contributed by atoms with E-state index in [9.17, 15) is 25.4 Å². The molecule has 2 aromatic heterocycles. The molecule has 0 bridgehead atoms. The van der Waals surface area contributed by atoms with Crippen molar-refractivity contribution in [3.63, 3.8) is 0 Å². The number of ether oxygens (including phenoxy) is 1. The van der Waals surface area contributed by atoms with Crippen LogP contribution >= 0.6 is 0 Å². The van der Waals surface area contributed by atoms with Gasteiger partial charge in [-0.3, -0.25) is 14.7 Å². The molecule has 3 heterocycles. The summed E-state index contributed by atoms with van der Waals surface area (Å²) in [6.07, 6.45) is -1.63. The smallest absolute Gasteiger partial charge is 0.269 e. The van der Waals surface area contributed by atoms with Gasteiger partial charge in [-0.2, -0.15) is 0 Å². The fourth-order valence-corrected chi connectivity index (χ4v) is 3.43. The van der Waals surface area contributed by atoms with E-state index in [1.54, 1.807) is 12.1 Å². The van der Waals surface area contributed by atoms with Crippen molar-refractivity contribution < 1.29 is 25.0 Å². The van der Waals surface area contributed by atoms with Crippen molar-refractivity contribution in [1.29, 1.82) is 0 Å². The number of anilines is 1. The molecule has 1 aliphatic rings. The number of nitrogens with one attached hydrogen (secondary N) is 1. The van der Waals surface area contributed by atoms with E-state index >= 15 is 0 Å². The molecule has 0 spiro atoms. The second kappa shape index (κ2) is 7.91. The molecule has 4 N–H and O–H groups in total. The van der Waals surface area contributed by atoms with Gasteiger partial charge in [0.15, 0.2) is 23.2 Å². The van der Waals surface area contributed by atoms with Gasteiger partial charge in [0, 0.05) is 12.1 Å². The van der Waals surface area contributed by atoms with E-state index in [-0.39, 0.29) is 11.7 Å². The van der Waals surface area contributed by atoms with Gasteiger partial charge in [-0.05, 0) is 12.5 Å². The highest BCUT2D eigenvalue weighted by molar-refractivity contribution is 5.82. The minimum Gasteiger partial charge on any atom is -0.394 e. The van der Waals surface area contributed by atoms with Crippen LogP contribution in [0.3, 0.4) is 0 Å². The summed E-state index contributed by atoms with van der Waals surface area (Å²) in [6, 6.07) is 5.94. The molecule has 0 radical (unpaired) electrons. The molecule has 1 unspecified atom stereocenters. The first-order valence-electron chi connectivity index (χ1n) is 9.21. The number of non-ortho nitro benzene ring substituents is 1. The monoisotopic (exact) mass is 416 g/mol. The van der Waals surface area contributed by atoms with E-state index in [2.05, 4.69) is 20.3 Å². The van der Waals surface area contributed by atoms with Crippen molar-refractivity contribution in [3.05, 3.63) is 52.6 Å². The van der Waals surface area contributed by atoms with Gasteiger partial charge in [-0.1, -0.05) is 12.1 Å². The zero-order chi connectivity index (χ0) is 21.4. The highest BCUT2D eigenvalue weighted by Gasteiger charge is 2.44. The number of aliphatic hydroxyl groups excluding tert-OH is 3. The number of nitrogens with zero attached hydrogens (tertiary/aromatic N) is 5. The second-order valence-electron chi connectivity index (χ2n) is 6.99. The van der Waals surface area contributed by atoms with E-state index in [1.807, 2.05) is 6.92 Å². The Morgan fingerprint density at radius 1 is 1.23 bits per heavy atom. The lowest BCUT2D eigenvalue weighted by Gasteiger charge is -2.17. The molecule has 5 atom stereocenters. The van der Waals surface area contributed by atoms with E-state index in [4.69, 9.17) is 4.74 Å². The first kappa shape index (κ1) is 20.1. The quantitative estimate of drug-likeness (QED) is 0.328. The number of aliphatic hydroxyl groups is 3. The lowest BCUT2D eigenvalue weighted by molar-refractivity contribution is -0.384. The van der Waals surface area contributed by atoms with Crippen molar-refractivity contribution in [2.45, 2.75) is 37.5 Å². The predicted molar refractivity (Wildman–Crippen MR) is 103 cm³/mol. The number of hydrogen-bond acceptors (Lipinski definition) is 10. The fourth-order valence-electron chi connectivity index (χ4n) is 3.43. The Bertz CT molecular complexity index is 1060. The third-order valence-corrected chi connectivity index (χ3v) is 5.11. The van der Waals surface area contributed by atoms with Crippen LogP contribution in [-0.2, 0) is 4.74 Å². The van der Waals surface area contributed by atoms with Gasteiger partial charge < -0.3 is 25.4 Å². The third kappa shape index (κ3) is 3.45. The average molecular weight is 416 g/mol. The Kier molecular flexibility index (Phi) is 5.30. The summed E-state index contributed by atoms with van der Waals surface area (Å²) in [5, 5.41) is 43.6. The van der Waals surface area contributed by atoms with Crippen LogP contribution in [0.25, 0.3) is 11.2 Å². The van der Waals surface area contributed by atoms with Crippen LogP contribution in [0.5, 0.6) is 0 Å². The summed E-state index contributed by atoms with van der Waals surface area (Å²) >= 11 is 0. The number of nitro groups is 1. The molecule has 3 aromatic rings. The molecule has 0 aliphatic carbocycles. The molecule has 30 heavy (non-hydrogen) atoms. The van der Waals surface area contributed by atoms with Crippen molar-refractivity contribution in [2.24, 2.45) is 0 Å². The highest BCUT2D eigenvalue weighted by atomic mass is 16.6. The van der Waals surface area contributed by atoms with Crippen LogP contribution < -0.4 is 5.32 Å². The van der Waals surface area contributed by atoms with Crippen LogP contribution in [0.1, 0.15) is 24.8 Å². The number of benzene rings is 1. The van der Waals surface area contributed by atoms with Gasteiger partial charge >= 0.3 is 0 Å². The Balaban J connectivity index is 1.60. The third-order valence-electron chi connectivity index (χ3n) is 5.11. The largest absolute Gasteiger partial charge is 0.394 e. The average Bonchev–Trinajstić information content (AvgIpc) is 3.30. The predicted octanol–water partition coefficient (Wildman–Crippen LogP) is 0.519. The molecule has 1 aromatic carbocycles. The Hall–Kier alpha value is -3.19. The molecule has 1 fully saturated rings. The minimum absolute atomic E-state index is 0.00705. The Morgan fingerprint density at radius 2 is 1.97 bits per heavy atom. The van der Waals surface area contributed by atoms with Gasteiger partial charge in [0.1, 0.15) is 24.6 Å². The standard InChI is InChI=1S/C18H20N6O6/c1-9(10-2-4-11(5-3-10)24(28)29)22-16-13-17(20-7-19-16)23(8-21-13)18-15(27)14(26)12(6-25)30-18/h2-5,7-9,12,14-15,18,25-27H,6H2,1H3,(H,19,20,22)/t9-,12+,14?,15-,18+/m0/s1. The Morgan fingerprint density at radius 3 is 2.60 bits per heavy atom. The van der Waals surface area contributed by atoms with E-state index in [1.165, 1.54) is 29.4 Å². The second-order valence-corrected chi connectivity index (χ2v) is 6.99. The van der Waals surface area contributed by atoms with Crippen LogP contribution in [-0.4, -0.2) is 64.7 Å². The number of nitro benzene ring substituents is 1. The van der Waals surface area contributed by atoms with Crippen molar-refractivity contribution in [3.8, 4) is 0 Å². The number of hydrogen-bond donors (Lipinski definition) is 4. The maximum Gasteiger partial charge on any atom is 0.269 e. The maximum atomic E-state index is 10.8. The van der Waals surface area contributed by atoms with Gasteiger partial charge in [0.2, 0.25) is 0 Å². The summed E-state index contributed by atoms with van der Waals surface area (Å²) < 4.78 is 7.02. The van der Waals surface area contributed by atoms with Crippen molar-refractivity contribution in [2.75, 3.05) is 11.9 Å². The lowest BCUT2D eigenvalue weighted by atomic mass is 10.1. The summed E-state index contributed by atoms with van der Waals surface area (Å²) in [6.45, 7) is 1.44. The fraction of sp³-hybridized carbons (Fsp3) is 0.389. The molecular formula is C18H20N6O6. The number of fused-ring (bicyclic) bond motifs is 1. The number of rotatable bonds is 6. The number of imidazole rings is 1. The molecule has 0 saturated carbocycles. The molecule has 1 saturated heterocycles. The normalized spacial score (nSPS) is 24.8. The topological polar surface area (TPSA) is 169 Å². The summed E-state index contributed by atoms with van der Waals surface area (Å²) in [5.74, 6) is 0.427. The molecular weight excluding hydrogens is 396 g/mol. The zero-order valence-corrected chi connectivity index (χ0v) is 15.9. The summed E-state index contributed by atoms with van der Waals surface area (Å²) in [7, 11) is 0. The molecule has 0 amide bonds. The molecule has 158 valence electrons. The van der Waals surface area contributed by atoms with Crippen LogP contribution in [0.15, 0.2) is 36.9 Å². The Labute approximate surface area is 169 Å². The van der Waals surface area contributed by atoms with E-state index in [0.717, 1.165) is 5.56 Å². The van der Waals surface area contributed by atoms with Crippen LogP contribution in [0.2, 0.25) is 0 Å². The lowest BCUT2D eigenvalue weighted by Crippen LogP contribution is -2.33. The maximum absolute atomic E-state index is 10.8. The van der Waals surface area contributed by atoms with Crippen LogP contribution in [0, 0.1) is 10.1 Å². The van der Waals surface area contributed by atoms with Crippen molar-refractivity contribution >= 4 is 22.7 Å². The van der Waals surface area contributed by atoms with Crippen LogP contribution in [0.4, 0.5) is 11.5 Å². The zero-order valence-electron chi connectivity index (χ0n) is 15.9.